The third kappa shape index (κ3) is 3.05. The molecular weight excluding hydrogens is 184 g/mol. The molecule has 0 heterocycles. The van der Waals surface area contributed by atoms with Crippen molar-refractivity contribution >= 4 is 0 Å². The van der Waals surface area contributed by atoms with E-state index in [9.17, 15) is 0 Å². The van der Waals surface area contributed by atoms with Crippen molar-refractivity contribution in [2.45, 2.75) is 26.8 Å². The Morgan fingerprint density at radius 1 is 1.33 bits per heavy atom. The maximum absolute atomic E-state index is 5.62. The first-order chi connectivity index (χ1) is 7.20. The maximum Gasteiger partial charge on any atom is 0.0322 e. The molecule has 1 unspecified atom stereocenters. The van der Waals surface area contributed by atoms with Gasteiger partial charge in [-0.2, -0.15) is 0 Å². The molecule has 1 aromatic carbocycles. The lowest BCUT2D eigenvalue weighted by atomic mass is 10.0. The number of hydrogen-bond donors (Lipinski definition) is 1. The van der Waals surface area contributed by atoms with Gasteiger partial charge in [-0.3, -0.25) is 4.90 Å². The highest BCUT2D eigenvalue weighted by atomic mass is 15.1. The van der Waals surface area contributed by atoms with Crippen molar-refractivity contribution in [3.8, 4) is 0 Å². The number of benzene rings is 1. The highest BCUT2D eigenvalue weighted by molar-refractivity contribution is 5.28. The van der Waals surface area contributed by atoms with Crippen LogP contribution in [0, 0.1) is 6.92 Å². The number of aryl methyl sites for hydroxylation is 1. The maximum atomic E-state index is 5.62. The Labute approximate surface area is 93.1 Å². The van der Waals surface area contributed by atoms with Crippen LogP contribution in [-0.4, -0.2) is 24.5 Å². The van der Waals surface area contributed by atoms with Crippen molar-refractivity contribution in [2.75, 3.05) is 19.6 Å². The molecular formula is C13H22N2. The molecule has 0 spiro atoms. The molecule has 0 amide bonds. The fraction of sp³-hybridized carbons (Fsp3) is 0.538. The third-order valence-corrected chi connectivity index (χ3v) is 3.01. The Balaban J connectivity index is 2.82. The quantitative estimate of drug-likeness (QED) is 0.801. The molecule has 0 aromatic heterocycles. The molecule has 0 saturated heterocycles. The Bertz CT molecular complexity index is 296. The molecule has 1 aromatic rings. The lowest BCUT2D eigenvalue weighted by molar-refractivity contribution is 0.228. The van der Waals surface area contributed by atoms with Gasteiger partial charge in [0.1, 0.15) is 0 Å². The van der Waals surface area contributed by atoms with Gasteiger partial charge in [0.15, 0.2) is 0 Å². The Morgan fingerprint density at radius 3 is 2.53 bits per heavy atom. The van der Waals surface area contributed by atoms with Gasteiger partial charge >= 0.3 is 0 Å². The van der Waals surface area contributed by atoms with Crippen molar-refractivity contribution in [3.63, 3.8) is 0 Å². The van der Waals surface area contributed by atoms with Crippen LogP contribution in [0.25, 0.3) is 0 Å². The summed E-state index contributed by atoms with van der Waals surface area (Å²) in [4.78, 5) is 2.41. The van der Waals surface area contributed by atoms with E-state index in [1.807, 2.05) is 0 Å². The van der Waals surface area contributed by atoms with Crippen LogP contribution < -0.4 is 5.73 Å². The van der Waals surface area contributed by atoms with E-state index in [4.69, 9.17) is 5.73 Å². The van der Waals surface area contributed by atoms with Crippen LogP contribution >= 0.6 is 0 Å². The SMILES string of the molecule is CCN(CCN)C(C)c1ccccc1C. The van der Waals surface area contributed by atoms with E-state index < -0.39 is 0 Å². The largest absolute Gasteiger partial charge is 0.329 e. The van der Waals surface area contributed by atoms with Crippen LogP contribution in [0.1, 0.15) is 31.0 Å². The van der Waals surface area contributed by atoms with Crippen LogP contribution in [0.5, 0.6) is 0 Å². The molecule has 0 bridgehead atoms. The zero-order valence-corrected chi connectivity index (χ0v) is 10.0. The molecule has 2 heteroatoms. The Morgan fingerprint density at radius 2 is 2.00 bits per heavy atom. The second-order valence-electron chi connectivity index (χ2n) is 3.95. The molecule has 0 aliphatic carbocycles. The van der Waals surface area contributed by atoms with Crippen molar-refractivity contribution < 1.29 is 0 Å². The predicted molar refractivity (Wildman–Crippen MR) is 65.9 cm³/mol. The summed E-state index contributed by atoms with van der Waals surface area (Å²) in [7, 11) is 0. The number of nitrogens with zero attached hydrogens (tertiary/aromatic N) is 1. The molecule has 2 N–H and O–H groups in total. The first kappa shape index (κ1) is 12.2. The lowest BCUT2D eigenvalue weighted by Crippen LogP contribution is -2.32. The average molecular weight is 206 g/mol. The summed E-state index contributed by atoms with van der Waals surface area (Å²) < 4.78 is 0. The molecule has 15 heavy (non-hydrogen) atoms. The van der Waals surface area contributed by atoms with Gasteiger partial charge in [-0.1, -0.05) is 31.2 Å². The molecule has 84 valence electrons. The number of hydrogen-bond acceptors (Lipinski definition) is 2. The van der Waals surface area contributed by atoms with Crippen molar-refractivity contribution in [3.05, 3.63) is 35.4 Å². The number of rotatable bonds is 5. The van der Waals surface area contributed by atoms with Gasteiger partial charge in [-0.25, -0.2) is 0 Å². The van der Waals surface area contributed by atoms with Crippen molar-refractivity contribution in [2.24, 2.45) is 5.73 Å². The molecule has 2 nitrogen and oxygen atoms in total. The normalized spacial score (nSPS) is 13.1. The van der Waals surface area contributed by atoms with Crippen LogP contribution in [0.3, 0.4) is 0 Å². The van der Waals surface area contributed by atoms with E-state index >= 15 is 0 Å². The smallest absolute Gasteiger partial charge is 0.0322 e. The lowest BCUT2D eigenvalue weighted by Gasteiger charge is -2.28. The molecule has 1 rings (SSSR count). The van der Waals surface area contributed by atoms with Gasteiger partial charge in [-0.05, 0) is 31.5 Å². The first-order valence-corrected chi connectivity index (χ1v) is 5.70. The second-order valence-corrected chi connectivity index (χ2v) is 3.95. The zero-order chi connectivity index (χ0) is 11.3. The fourth-order valence-corrected chi connectivity index (χ4v) is 2.04. The molecule has 1 atom stereocenters. The van der Waals surface area contributed by atoms with Gasteiger partial charge in [0.05, 0.1) is 0 Å². The van der Waals surface area contributed by atoms with Gasteiger partial charge in [0, 0.05) is 19.1 Å². The summed E-state index contributed by atoms with van der Waals surface area (Å²) in [6.45, 7) is 9.34. The molecule has 0 aliphatic rings. The average Bonchev–Trinajstić information content (AvgIpc) is 2.25. The Hall–Kier alpha value is -0.860. The van der Waals surface area contributed by atoms with E-state index in [1.54, 1.807) is 0 Å². The summed E-state index contributed by atoms with van der Waals surface area (Å²) in [6, 6.07) is 9.03. The van der Waals surface area contributed by atoms with E-state index in [0.717, 1.165) is 19.6 Å². The fourth-order valence-electron chi connectivity index (χ4n) is 2.04. The summed E-state index contributed by atoms with van der Waals surface area (Å²) >= 11 is 0. The third-order valence-electron chi connectivity index (χ3n) is 3.01. The minimum absolute atomic E-state index is 0.458. The molecule has 0 fully saturated rings. The summed E-state index contributed by atoms with van der Waals surface area (Å²) in [5.41, 5.74) is 8.39. The number of likely N-dealkylation sites (N-methyl/N-ethyl adjacent to an activating group) is 1. The van der Waals surface area contributed by atoms with Gasteiger partial charge in [0.2, 0.25) is 0 Å². The minimum atomic E-state index is 0.458. The second kappa shape index (κ2) is 5.89. The topological polar surface area (TPSA) is 29.3 Å². The van der Waals surface area contributed by atoms with Gasteiger partial charge < -0.3 is 5.73 Å². The molecule has 0 saturated carbocycles. The first-order valence-electron chi connectivity index (χ1n) is 5.70. The summed E-state index contributed by atoms with van der Waals surface area (Å²) in [5, 5.41) is 0. The summed E-state index contributed by atoms with van der Waals surface area (Å²) in [5.74, 6) is 0. The predicted octanol–water partition coefficient (Wildman–Crippen LogP) is 2.34. The van der Waals surface area contributed by atoms with E-state index in [0.29, 0.717) is 6.04 Å². The Kier molecular flexibility index (Phi) is 4.79. The summed E-state index contributed by atoms with van der Waals surface area (Å²) in [6.07, 6.45) is 0. The number of nitrogens with two attached hydrogens (primary N) is 1. The van der Waals surface area contributed by atoms with Gasteiger partial charge in [0.25, 0.3) is 0 Å². The molecule has 0 radical (unpaired) electrons. The van der Waals surface area contributed by atoms with E-state index in [1.165, 1.54) is 11.1 Å². The zero-order valence-electron chi connectivity index (χ0n) is 10.0. The molecule has 0 aliphatic heterocycles. The van der Waals surface area contributed by atoms with Crippen molar-refractivity contribution in [1.29, 1.82) is 0 Å². The van der Waals surface area contributed by atoms with E-state index in [2.05, 4.69) is 49.9 Å². The van der Waals surface area contributed by atoms with Crippen LogP contribution in [0.2, 0.25) is 0 Å². The van der Waals surface area contributed by atoms with Crippen LogP contribution in [0.15, 0.2) is 24.3 Å². The van der Waals surface area contributed by atoms with Crippen LogP contribution in [-0.2, 0) is 0 Å². The van der Waals surface area contributed by atoms with Crippen LogP contribution in [0.4, 0.5) is 0 Å². The van der Waals surface area contributed by atoms with E-state index in [-0.39, 0.29) is 0 Å². The minimum Gasteiger partial charge on any atom is -0.329 e. The standard InChI is InChI=1S/C13H22N2/c1-4-15(10-9-14)12(3)13-8-6-5-7-11(13)2/h5-8,12H,4,9-10,14H2,1-3H3. The highest BCUT2D eigenvalue weighted by Crippen LogP contribution is 2.22. The highest BCUT2D eigenvalue weighted by Gasteiger charge is 2.14. The van der Waals surface area contributed by atoms with Gasteiger partial charge in [-0.15, -0.1) is 0 Å². The monoisotopic (exact) mass is 206 g/mol. The van der Waals surface area contributed by atoms with Crippen molar-refractivity contribution in [1.82, 2.24) is 4.90 Å².